The molecule has 0 atom stereocenters. The van der Waals surface area contributed by atoms with Crippen molar-refractivity contribution in [3.8, 4) is 5.75 Å². The Morgan fingerprint density at radius 1 is 1.35 bits per heavy atom. The normalized spacial score (nSPS) is 11.7. The molecule has 0 aliphatic rings. The highest BCUT2D eigenvalue weighted by Crippen LogP contribution is 2.21. The second kappa shape index (κ2) is 7.09. The van der Waals surface area contributed by atoms with E-state index in [1.165, 1.54) is 18.2 Å². The molecule has 1 aromatic rings. The number of carboxylic acids is 1. The van der Waals surface area contributed by atoms with Crippen molar-refractivity contribution in [1.29, 1.82) is 0 Å². The van der Waals surface area contributed by atoms with E-state index in [-0.39, 0.29) is 24.5 Å². The van der Waals surface area contributed by atoms with Crippen LogP contribution in [0.5, 0.6) is 5.75 Å². The Morgan fingerprint density at radius 2 is 2.00 bits per heavy atom. The fourth-order valence-electron chi connectivity index (χ4n) is 1.33. The van der Waals surface area contributed by atoms with Crippen LogP contribution in [-0.2, 0) is 0 Å². The lowest BCUT2D eigenvalue weighted by atomic mass is 10.2. The lowest BCUT2D eigenvalue weighted by Gasteiger charge is -2.16. The third-order valence-corrected chi connectivity index (χ3v) is 2.33. The standard InChI is InChI=1S/C12H13F4NO3/c13-11(14)12(15,16)7-17-5-6-20-9-4-2-1-3-8(9)10(18)19/h1-4,11,17H,5-7H2,(H,18,19). The maximum Gasteiger partial charge on any atom is 0.339 e. The van der Waals surface area contributed by atoms with E-state index in [0.717, 1.165) is 0 Å². The molecule has 0 heterocycles. The van der Waals surface area contributed by atoms with Crippen molar-refractivity contribution in [2.75, 3.05) is 19.7 Å². The average molecular weight is 295 g/mol. The highest BCUT2D eigenvalue weighted by Gasteiger charge is 2.39. The number of nitrogens with one attached hydrogen (secondary N) is 1. The van der Waals surface area contributed by atoms with Crippen molar-refractivity contribution in [3.63, 3.8) is 0 Å². The van der Waals surface area contributed by atoms with E-state index in [4.69, 9.17) is 9.84 Å². The molecule has 2 N–H and O–H groups in total. The van der Waals surface area contributed by atoms with Gasteiger partial charge in [0, 0.05) is 6.54 Å². The maximum atomic E-state index is 12.5. The van der Waals surface area contributed by atoms with Crippen LogP contribution >= 0.6 is 0 Å². The molecule has 0 radical (unpaired) electrons. The summed E-state index contributed by atoms with van der Waals surface area (Å²) in [7, 11) is 0. The number of carbonyl (C=O) groups is 1. The van der Waals surface area contributed by atoms with Crippen LogP contribution in [0.4, 0.5) is 17.6 Å². The maximum absolute atomic E-state index is 12.5. The van der Waals surface area contributed by atoms with Crippen LogP contribution in [-0.4, -0.2) is 43.1 Å². The van der Waals surface area contributed by atoms with Crippen LogP contribution < -0.4 is 10.1 Å². The van der Waals surface area contributed by atoms with E-state index in [1.807, 2.05) is 0 Å². The van der Waals surface area contributed by atoms with Gasteiger partial charge in [-0.25, -0.2) is 13.6 Å². The molecule has 0 aliphatic heterocycles. The summed E-state index contributed by atoms with van der Waals surface area (Å²) in [5.41, 5.74) is -0.0644. The van der Waals surface area contributed by atoms with Crippen molar-refractivity contribution in [2.24, 2.45) is 0 Å². The summed E-state index contributed by atoms with van der Waals surface area (Å²) in [6.45, 7) is -1.41. The second-order valence-corrected chi connectivity index (χ2v) is 3.89. The first-order valence-electron chi connectivity index (χ1n) is 5.66. The molecule has 4 nitrogen and oxygen atoms in total. The number of benzene rings is 1. The van der Waals surface area contributed by atoms with E-state index in [9.17, 15) is 22.4 Å². The van der Waals surface area contributed by atoms with Gasteiger partial charge in [0.05, 0.1) is 6.54 Å². The Labute approximate surface area is 112 Å². The summed E-state index contributed by atoms with van der Waals surface area (Å²) in [6, 6.07) is 5.81. The predicted octanol–water partition coefficient (Wildman–Crippen LogP) is 2.25. The fraction of sp³-hybridized carbons (Fsp3) is 0.417. The molecule has 0 amide bonds. The van der Waals surface area contributed by atoms with Gasteiger partial charge in [0.15, 0.2) is 0 Å². The Balaban J connectivity index is 2.37. The van der Waals surface area contributed by atoms with Gasteiger partial charge in [0.1, 0.15) is 17.9 Å². The summed E-state index contributed by atoms with van der Waals surface area (Å²) in [5.74, 6) is -5.20. The number of aromatic carboxylic acids is 1. The summed E-state index contributed by atoms with van der Waals surface area (Å²) in [5, 5.41) is 11.0. The Kier molecular flexibility index (Phi) is 5.75. The predicted molar refractivity (Wildman–Crippen MR) is 62.7 cm³/mol. The van der Waals surface area contributed by atoms with Crippen molar-refractivity contribution >= 4 is 5.97 Å². The minimum absolute atomic E-state index is 0.0644. The molecule has 20 heavy (non-hydrogen) atoms. The van der Waals surface area contributed by atoms with Gasteiger partial charge in [-0.2, -0.15) is 8.78 Å². The highest BCUT2D eigenvalue weighted by atomic mass is 19.3. The van der Waals surface area contributed by atoms with Gasteiger partial charge in [0.2, 0.25) is 0 Å². The van der Waals surface area contributed by atoms with Gasteiger partial charge in [-0.05, 0) is 12.1 Å². The number of para-hydroxylation sites is 1. The number of halogens is 4. The number of rotatable bonds is 8. The molecule has 1 aromatic carbocycles. The van der Waals surface area contributed by atoms with Crippen LogP contribution in [0.3, 0.4) is 0 Å². The van der Waals surface area contributed by atoms with E-state index in [2.05, 4.69) is 5.32 Å². The summed E-state index contributed by atoms with van der Waals surface area (Å²) >= 11 is 0. The minimum Gasteiger partial charge on any atom is -0.491 e. The van der Waals surface area contributed by atoms with E-state index in [0.29, 0.717) is 0 Å². The van der Waals surface area contributed by atoms with Gasteiger partial charge in [-0.15, -0.1) is 0 Å². The summed E-state index contributed by atoms with van der Waals surface area (Å²) in [4.78, 5) is 10.8. The molecule has 0 bridgehead atoms. The smallest absolute Gasteiger partial charge is 0.339 e. The molecule has 0 aliphatic carbocycles. The van der Waals surface area contributed by atoms with Crippen LogP contribution in [0.1, 0.15) is 10.4 Å². The molecule has 0 saturated carbocycles. The molecule has 0 saturated heterocycles. The number of alkyl halides is 4. The first kappa shape index (κ1) is 16.2. The third kappa shape index (κ3) is 4.69. The van der Waals surface area contributed by atoms with Gasteiger partial charge in [-0.3, -0.25) is 0 Å². The Hall–Kier alpha value is -1.83. The quantitative estimate of drug-likeness (QED) is 0.570. The third-order valence-electron chi connectivity index (χ3n) is 2.33. The molecule has 0 fully saturated rings. The zero-order chi connectivity index (χ0) is 15.2. The molecule has 112 valence electrons. The first-order chi connectivity index (χ1) is 9.34. The largest absolute Gasteiger partial charge is 0.491 e. The van der Waals surface area contributed by atoms with Gasteiger partial charge in [0.25, 0.3) is 0 Å². The van der Waals surface area contributed by atoms with Gasteiger partial charge >= 0.3 is 18.3 Å². The molecule has 8 heteroatoms. The molecule has 0 unspecified atom stereocenters. The highest BCUT2D eigenvalue weighted by molar-refractivity contribution is 5.90. The van der Waals surface area contributed by atoms with Crippen LogP contribution in [0.25, 0.3) is 0 Å². The van der Waals surface area contributed by atoms with Crippen LogP contribution in [0.2, 0.25) is 0 Å². The topological polar surface area (TPSA) is 58.6 Å². The van der Waals surface area contributed by atoms with Crippen molar-refractivity contribution in [1.82, 2.24) is 5.32 Å². The molecule has 0 spiro atoms. The lowest BCUT2D eigenvalue weighted by molar-refractivity contribution is -0.125. The van der Waals surface area contributed by atoms with Gasteiger partial charge < -0.3 is 15.2 Å². The first-order valence-corrected chi connectivity index (χ1v) is 5.66. The number of carboxylic acid groups (broad SMARTS) is 1. The van der Waals surface area contributed by atoms with Crippen molar-refractivity contribution in [2.45, 2.75) is 12.3 Å². The number of hydrogen-bond acceptors (Lipinski definition) is 3. The zero-order valence-corrected chi connectivity index (χ0v) is 10.3. The number of hydrogen-bond donors (Lipinski definition) is 2. The molecular formula is C12H13F4NO3. The average Bonchev–Trinajstić information content (AvgIpc) is 2.38. The SMILES string of the molecule is O=C(O)c1ccccc1OCCNCC(F)(F)C(F)F. The minimum atomic E-state index is -4.10. The zero-order valence-electron chi connectivity index (χ0n) is 10.3. The van der Waals surface area contributed by atoms with Crippen LogP contribution in [0.15, 0.2) is 24.3 Å². The molecule has 1 rings (SSSR count). The van der Waals surface area contributed by atoms with Crippen molar-refractivity contribution in [3.05, 3.63) is 29.8 Å². The summed E-state index contributed by atoms with van der Waals surface area (Å²) in [6.07, 6.45) is -3.73. The molecule has 0 aromatic heterocycles. The monoisotopic (exact) mass is 295 g/mol. The molecular weight excluding hydrogens is 282 g/mol. The summed E-state index contributed by atoms with van der Waals surface area (Å²) < 4.78 is 53.9. The van der Waals surface area contributed by atoms with E-state index in [1.54, 1.807) is 6.07 Å². The van der Waals surface area contributed by atoms with E-state index < -0.39 is 24.9 Å². The van der Waals surface area contributed by atoms with Crippen molar-refractivity contribution < 1.29 is 32.2 Å². The Bertz CT molecular complexity index is 454. The van der Waals surface area contributed by atoms with E-state index >= 15 is 0 Å². The van der Waals surface area contributed by atoms with Crippen LogP contribution in [0, 0.1) is 0 Å². The van der Waals surface area contributed by atoms with Gasteiger partial charge in [-0.1, -0.05) is 12.1 Å². The Morgan fingerprint density at radius 3 is 2.60 bits per heavy atom. The fourth-order valence-corrected chi connectivity index (χ4v) is 1.33. The second-order valence-electron chi connectivity index (χ2n) is 3.89. The number of ether oxygens (including phenoxy) is 1. The lowest BCUT2D eigenvalue weighted by Crippen LogP contribution is -2.40.